The van der Waals surface area contributed by atoms with E-state index in [1.807, 2.05) is 6.07 Å². The van der Waals surface area contributed by atoms with Crippen molar-refractivity contribution in [2.45, 2.75) is 38.0 Å². The van der Waals surface area contributed by atoms with Crippen molar-refractivity contribution in [2.75, 3.05) is 41.4 Å². The first-order valence-corrected chi connectivity index (χ1v) is 13.6. The number of aromatic nitrogens is 1. The number of aldehydes is 1. The maximum absolute atomic E-state index is 13.7. The lowest BCUT2D eigenvalue weighted by molar-refractivity contribution is -0.114. The number of benzene rings is 1. The van der Waals surface area contributed by atoms with Crippen LogP contribution in [0.3, 0.4) is 0 Å². The van der Waals surface area contributed by atoms with Crippen LogP contribution in [-0.4, -0.2) is 58.0 Å². The van der Waals surface area contributed by atoms with Crippen LogP contribution in [0.25, 0.3) is 0 Å². The highest BCUT2D eigenvalue weighted by molar-refractivity contribution is 7.92. The van der Waals surface area contributed by atoms with E-state index in [1.54, 1.807) is 19.1 Å². The molecule has 13 heteroatoms. The Morgan fingerprint density at radius 3 is 2.54 bits per heavy atom. The van der Waals surface area contributed by atoms with Gasteiger partial charge >= 0.3 is 0 Å². The van der Waals surface area contributed by atoms with Crippen molar-refractivity contribution >= 4 is 45.1 Å². The third kappa shape index (κ3) is 5.67. The van der Waals surface area contributed by atoms with Gasteiger partial charge in [-0.3, -0.25) is 13.9 Å². The van der Waals surface area contributed by atoms with E-state index >= 15 is 0 Å². The monoisotopic (exact) mass is 537 g/mol. The summed E-state index contributed by atoms with van der Waals surface area (Å²) in [4.78, 5) is 33.1. The van der Waals surface area contributed by atoms with E-state index in [-0.39, 0.29) is 36.5 Å². The van der Waals surface area contributed by atoms with E-state index in [0.717, 1.165) is 29.0 Å². The lowest BCUT2D eigenvalue weighted by Crippen LogP contribution is -2.27. The fraction of sp³-hybridized carbons (Fsp3) is 0.458. The predicted molar refractivity (Wildman–Crippen MR) is 135 cm³/mol. The van der Waals surface area contributed by atoms with Gasteiger partial charge in [0.15, 0.2) is 0 Å². The second-order valence-corrected chi connectivity index (χ2v) is 11.4. The van der Waals surface area contributed by atoms with Crippen molar-refractivity contribution in [1.29, 1.82) is 0 Å². The third-order valence-electron chi connectivity index (χ3n) is 6.59. The fourth-order valence-electron chi connectivity index (χ4n) is 3.90. The molecule has 0 bridgehead atoms. The van der Waals surface area contributed by atoms with E-state index in [4.69, 9.17) is 4.84 Å². The van der Waals surface area contributed by atoms with Crippen molar-refractivity contribution in [3.05, 3.63) is 41.6 Å². The number of nitrogens with one attached hydrogen (secondary N) is 3. The molecule has 1 aromatic carbocycles. The minimum absolute atomic E-state index is 0.0695. The van der Waals surface area contributed by atoms with E-state index in [0.29, 0.717) is 17.3 Å². The summed E-state index contributed by atoms with van der Waals surface area (Å²) in [6.45, 7) is 1.57. The average Bonchev–Trinajstić information content (AvgIpc) is 3.77. The molecule has 2 saturated carbocycles. The van der Waals surface area contributed by atoms with E-state index in [2.05, 4.69) is 21.1 Å². The molecule has 37 heavy (non-hydrogen) atoms. The Bertz CT molecular complexity index is 1320. The van der Waals surface area contributed by atoms with Crippen LogP contribution >= 0.6 is 0 Å². The number of halogens is 2. The van der Waals surface area contributed by atoms with Gasteiger partial charge in [-0.15, -0.1) is 0 Å². The fourth-order valence-corrected chi connectivity index (χ4v) is 4.41. The summed E-state index contributed by atoms with van der Waals surface area (Å²) in [7, 11) is -2.17. The molecule has 1 aromatic heterocycles. The molecule has 10 nitrogen and oxygen atoms in total. The van der Waals surface area contributed by atoms with Gasteiger partial charge in [0, 0.05) is 32.3 Å². The number of hydrogen-bond donors (Lipinski definition) is 3. The van der Waals surface area contributed by atoms with E-state index in [1.165, 1.54) is 19.3 Å². The van der Waals surface area contributed by atoms with Crippen molar-refractivity contribution in [3.63, 3.8) is 0 Å². The summed E-state index contributed by atoms with van der Waals surface area (Å²) >= 11 is 0. The number of alkyl halides is 2. The molecule has 2 aliphatic carbocycles. The molecular weight excluding hydrogens is 508 g/mol. The maximum atomic E-state index is 13.7. The van der Waals surface area contributed by atoms with Crippen LogP contribution in [0.15, 0.2) is 30.5 Å². The van der Waals surface area contributed by atoms with Gasteiger partial charge in [0.25, 0.3) is 11.8 Å². The predicted octanol–water partition coefficient (Wildman–Crippen LogP) is 3.42. The van der Waals surface area contributed by atoms with Crippen molar-refractivity contribution in [3.8, 4) is 0 Å². The van der Waals surface area contributed by atoms with E-state index < -0.39 is 33.7 Å². The highest BCUT2D eigenvalue weighted by Gasteiger charge is 2.71. The topological polar surface area (TPSA) is 130 Å². The molecule has 2 aliphatic rings. The van der Waals surface area contributed by atoms with Gasteiger partial charge in [-0.2, -0.15) is 0 Å². The zero-order valence-electron chi connectivity index (χ0n) is 20.7. The molecule has 0 radical (unpaired) electrons. The van der Waals surface area contributed by atoms with Gasteiger partial charge in [-0.25, -0.2) is 27.7 Å². The molecule has 1 unspecified atom stereocenters. The molecule has 200 valence electrons. The Morgan fingerprint density at radius 1 is 1.27 bits per heavy atom. The van der Waals surface area contributed by atoms with Crippen LogP contribution in [-0.2, 0) is 19.7 Å². The molecular formula is C24H29F2N5O5S. The molecule has 2 fully saturated rings. The molecule has 0 saturated heterocycles. The highest BCUT2D eigenvalue weighted by Crippen LogP contribution is 2.58. The smallest absolute Gasteiger partial charge is 0.278 e. The van der Waals surface area contributed by atoms with Crippen molar-refractivity contribution in [2.24, 2.45) is 5.41 Å². The Labute approximate surface area is 213 Å². The Hall–Kier alpha value is -3.32. The molecule has 4 rings (SSSR count). The molecule has 1 heterocycles. The van der Waals surface area contributed by atoms with Gasteiger partial charge in [0.2, 0.25) is 10.0 Å². The standard InChI is InChI=1S/C24H29F2N5O5S/c1-4-36-30-22(33)17-11-27-21(28-13-23(14-32)12-24(23,25)26)10-19(17)29-18-8-7-16(15-5-6-15)9-20(18)31(2)37(3,34)35/h7-11,14-15H,4-6,12-13H2,1-3H3,(H,30,33)(H2,27,28,29). The zero-order chi connectivity index (χ0) is 27.0. The Morgan fingerprint density at radius 2 is 1.97 bits per heavy atom. The average molecular weight is 538 g/mol. The molecule has 2 aromatic rings. The summed E-state index contributed by atoms with van der Waals surface area (Å²) < 4.78 is 53.2. The molecule has 1 amide bonds. The van der Waals surface area contributed by atoms with Crippen LogP contribution in [0.5, 0.6) is 0 Å². The van der Waals surface area contributed by atoms with Crippen LogP contribution in [0, 0.1) is 5.41 Å². The SMILES string of the molecule is CCONC(=O)c1cnc(NCC2(C=O)CC2(F)F)cc1Nc1ccc(C2CC2)cc1N(C)S(C)(=O)=O. The van der Waals surface area contributed by atoms with E-state index in [9.17, 15) is 26.8 Å². The maximum Gasteiger partial charge on any atom is 0.278 e. The Kier molecular flexibility index (Phi) is 7.12. The number of anilines is 4. The summed E-state index contributed by atoms with van der Waals surface area (Å²) in [6.07, 6.45) is 4.07. The normalized spacial score (nSPS) is 20.1. The van der Waals surface area contributed by atoms with Gasteiger partial charge in [0.05, 0.1) is 35.5 Å². The third-order valence-corrected chi connectivity index (χ3v) is 7.78. The first-order valence-electron chi connectivity index (χ1n) is 11.8. The zero-order valence-corrected chi connectivity index (χ0v) is 21.5. The minimum Gasteiger partial charge on any atom is -0.369 e. The molecule has 0 spiro atoms. The summed E-state index contributed by atoms with van der Waals surface area (Å²) in [5, 5.41) is 5.85. The summed E-state index contributed by atoms with van der Waals surface area (Å²) in [5.74, 6) is -3.19. The second kappa shape index (κ2) is 9.86. The van der Waals surface area contributed by atoms with Crippen LogP contribution in [0.4, 0.5) is 31.7 Å². The lowest BCUT2D eigenvalue weighted by Gasteiger charge is -2.23. The summed E-state index contributed by atoms with van der Waals surface area (Å²) in [5.41, 5.74) is 2.57. The number of sulfonamides is 1. The molecule has 3 N–H and O–H groups in total. The number of pyridine rings is 1. The van der Waals surface area contributed by atoms with Gasteiger partial charge in [0.1, 0.15) is 17.5 Å². The first kappa shape index (κ1) is 26.7. The minimum atomic E-state index is -3.61. The molecule has 1 atom stereocenters. The Balaban J connectivity index is 1.69. The number of hydroxylamine groups is 1. The number of hydrogen-bond acceptors (Lipinski definition) is 8. The van der Waals surface area contributed by atoms with Crippen LogP contribution in [0.1, 0.15) is 48.0 Å². The van der Waals surface area contributed by atoms with Crippen molar-refractivity contribution in [1.82, 2.24) is 10.5 Å². The van der Waals surface area contributed by atoms with Crippen LogP contribution < -0.4 is 20.4 Å². The lowest BCUT2D eigenvalue weighted by atomic mass is 10.1. The largest absolute Gasteiger partial charge is 0.369 e. The summed E-state index contributed by atoms with van der Waals surface area (Å²) in [6, 6.07) is 6.85. The van der Waals surface area contributed by atoms with Gasteiger partial charge < -0.3 is 15.4 Å². The highest BCUT2D eigenvalue weighted by atomic mass is 32.2. The number of carbonyl (C=O) groups excluding carboxylic acids is 2. The number of rotatable bonds is 12. The van der Waals surface area contributed by atoms with Crippen LogP contribution in [0.2, 0.25) is 0 Å². The van der Waals surface area contributed by atoms with Gasteiger partial charge in [-0.05, 0) is 43.4 Å². The van der Waals surface area contributed by atoms with Crippen molar-refractivity contribution < 1.29 is 31.6 Å². The first-order chi connectivity index (χ1) is 17.4. The number of carbonyl (C=O) groups is 2. The second-order valence-electron chi connectivity index (χ2n) is 9.39. The molecule has 0 aliphatic heterocycles. The number of amides is 1. The number of nitrogens with zero attached hydrogens (tertiary/aromatic N) is 2. The van der Waals surface area contributed by atoms with Gasteiger partial charge in [-0.1, -0.05) is 6.07 Å². The quantitative estimate of drug-likeness (QED) is 0.278.